The van der Waals surface area contributed by atoms with Crippen molar-refractivity contribution in [2.24, 2.45) is 0 Å². The molecule has 0 spiro atoms. The normalized spacial score (nSPS) is 13.0. The maximum atomic E-state index is 11.6. The van der Waals surface area contributed by atoms with Gasteiger partial charge in [-0.3, -0.25) is 0 Å². The molecule has 0 radical (unpaired) electrons. The van der Waals surface area contributed by atoms with Gasteiger partial charge < -0.3 is 15.4 Å². The molecule has 1 aromatic heterocycles. The molecule has 1 aromatic rings. The molecule has 6 heteroatoms. The molecule has 0 bridgehead atoms. The third-order valence-electron chi connectivity index (χ3n) is 2.94. The quantitative estimate of drug-likeness (QED) is 0.847. The lowest BCUT2D eigenvalue weighted by Gasteiger charge is -2.22. The summed E-state index contributed by atoms with van der Waals surface area (Å²) >= 11 is 1.71. The van der Waals surface area contributed by atoms with Crippen molar-refractivity contribution in [3.05, 3.63) is 15.6 Å². The van der Waals surface area contributed by atoms with E-state index >= 15 is 0 Å². The number of nitrogens with one attached hydrogen (secondary N) is 2. The number of amides is 1. The summed E-state index contributed by atoms with van der Waals surface area (Å²) in [7, 11) is 0. The molecule has 0 aliphatic heterocycles. The van der Waals surface area contributed by atoms with Crippen LogP contribution in [-0.4, -0.2) is 29.3 Å². The smallest absolute Gasteiger partial charge is 0.407 e. The molecule has 1 unspecified atom stereocenters. The highest BCUT2D eigenvalue weighted by atomic mass is 32.1. The van der Waals surface area contributed by atoms with Crippen molar-refractivity contribution in [2.45, 2.75) is 66.2 Å². The van der Waals surface area contributed by atoms with Gasteiger partial charge in [-0.05, 0) is 41.0 Å². The fraction of sp³-hybridized carbons (Fsp3) is 0.733. The molecule has 1 heterocycles. The lowest BCUT2D eigenvalue weighted by Crippen LogP contribution is -2.42. The molecule has 21 heavy (non-hydrogen) atoms. The van der Waals surface area contributed by atoms with E-state index in [9.17, 15) is 4.79 Å². The van der Waals surface area contributed by atoms with Crippen LogP contribution in [0.15, 0.2) is 0 Å². The van der Waals surface area contributed by atoms with Crippen molar-refractivity contribution >= 4 is 17.4 Å². The summed E-state index contributed by atoms with van der Waals surface area (Å²) in [6.07, 6.45) is 0.569. The SMILES string of the molecule is CCC(CNC(=O)OC(C)(C)C)NCc1sc(C)nc1C. The van der Waals surface area contributed by atoms with Gasteiger partial charge >= 0.3 is 6.09 Å². The third-order valence-corrected chi connectivity index (χ3v) is 4.01. The summed E-state index contributed by atoms with van der Waals surface area (Å²) in [6.45, 7) is 13.1. The topological polar surface area (TPSA) is 63.2 Å². The van der Waals surface area contributed by atoms with E-state index in [0.717, 1.165) is 23.7 Å². The zero-order valence-electron chi connectivity index (χ0n) is 13.9. The van der Waals surface area contributed by atoms with Crippen LogP contribution in [0.4, 0.5) is 4.79 Å². The molecular formula is C15H27N3O2S. The van der Waals surface area contributed by atoms with Crippen molar-refractivity contribution in [3.8, 4) is 0 Å². The van der Waals surface area contributed by atoms with Crippen LogP contribution >= 0.6 is 11.3 Å². The van der Waals surface area contributed by atoms with E-state index in [2.05, 4.69) is 22.5 Å². The van der Waals surface area contributed by atoms with E-state index in [1.54, 1.807) is 11.3 Å². The Morgan fingerprint density at radius 1 is 1.38 bits per heavy atom. The molecule has 0 fully saturated rings. The summed E-state index contributed by atoms with van der Waals surface area (Å²) in [5.41, 5.74) is 0.621. The predicted molar refractivity (Wildman–Crippen MR) is 86.7 cm³/mol. The molecule has 0 aliphatic rings. The number of hydrogen-bond acceptors (Lipinski definition) is 5. The van der Waals surface area contributed by atoms with Crippen LogP contribution in [0.3, 0.4) is 0 Å². The van der Waals surface area contributed by atoms with Gasteiger partial charge in [-0.2, -0.15) is 0 Å². The van der Waals surface area contributed by atoms with Gasteiger partial charge in [0.05, 0.1) is 10.7 Å². The standard InChI is InChI=1S/C15H27N3O2S/c1-7-12(8-17-14(19)20-15(4,5)6)16-9-13-10(2)18-11(3)21-13/h12,16H,7-9H2,1-6H3,(H,17,19). The van der Waals surface area contributed by atoms with E-state index in [1.165, 1.54) is 4.88 Å². The van der Waals surface area contributed by atoms with Crippen LogP contribution in [0.1, 0.15) is 49.7 Å². The average Bonchev–Trinajstić information content (AvgIpc) is 2.66. The van der Waals surface area contributed by atoms with Gasteiger partial charge in [-0.1, -0.05) is 6.92 Å². The number of rotatable bonds is 6. The van der Waals surface area contributed by atoms with Crippen molar-refractivity contribution in [1.29, 1.82) is 0 Å². The summed E-state index contributed by atoms with van der Waals surface area (Å²) in [4.78, 5) is 17.3. The molecule has 1 rings (SSSR count). The maximum Gasteiger partial charge on any atom is 0.407 e. The van der Waals surface area contributed by atoms with E-state index < -0.39 is 5.60 Å². The fourth-order valence-electron chi connectivity index (χ4n) is 1.86. The summed E-state index contributed by atoms with van der Waals surface area (Å²) in [5.74, 6) is 0. The molecular weight excluding hydrogens is 286 g/mol. The van der Waals surface area contributed by atoms with Crippen molar-refractivity contribution in [1.82, 2.24) is 15.6 Å². The highest BCUT2D eigenvalue weighted by molar-refractivity contribution is 7.11. The molecule has 0 aliphatic carbocycles. The number of carbonyl (C=O) groups excluding carboxylic acids is 1. The van der Waals surface area contributed by atoms with Gasteiger partial charge in [0, 0.05) is 24.0 Å². The van der Waals surface area contributed by atoms with Gasteiger partial charge in [-0.15, -0.1) is 11.3 Å². The van der Waals surface area contributed by atoms with Gasteiger partial charge in [-0.25, -0.2) is 9.78 Å². The largest absolute Gasteiger partial charge is 0.444 e. The van der Waals surface area contributed by atoms with Crippen LogP contribution in [0.5, 0.6) is 0 Å². The second kappa shape index (κ2) is 7.75. The Morgan fingerprint density at radius 2 is 2.05 bits per heavy atom. The first kappa shape index (κ1) is 17.9. The average molecular weight is 313 g/mol. The minimum atomic E-state index is -0.462. The third kappa shape index (κ3) is 6.91. The van der Waals surface area contributed by atoms with Crippen molar-refractivity contribution in [2.75, 3.05) is 6.54 Å². The van der Waals surface area contributed by atoms with Gasteiger partial charge in [0.25, 0.3) is 0 Å². The second-order valence-electron chi connectivity index (χ2n) is 6.11. The Morgan fingerprint density at radius 3 is 2.52 bits per heavy atom. The van der Waals surface area contributed by atoms with Crippen LogP contribution in [0, 0.1) is 13.8 Å². The summed E-state index contributed by atoms with van der Waals surface area (Å²) in [6, 6.07) is 0.222. The van der Waals surface area contributed by atoms with Crippen molar-refractivity contribution < 1.29 is 9.53 Å². The lowest BCUT2D eigenvalue weighted by atomic mass is 10.2. The Labute approximate surface area is 131 Å². The molecule has 5 nitrogen and oxygen atoms in total. The van der Waals surface area contributed by atoms with Gasteiger partial charge in [0.2, 0.25) is 0 Å². The van der Waals surface area contributed by atoms with Crippen LogP contribution in [0.2, 0.25) is 0 Å². The van der Waals surface area contributed by atoms with E-state index in [-0.39, 0.29) is 12.1 Å². The number of aromatic nitrogens is 1. The highest BCUT2D eigenvalue weighted by Crippen LogP contribution is 2.16. The Balaban J connectivity index is 2.38. The first-order valence-corrected chi connectivity index (χ1v) is 8.16. The lowest BCUT2D eigenvalue weighted by molar-refractivity contribution is 0.0522. The van der Waals surface area contributed by atoms with E-state index in [4.69, 9.17) is 4.74 Å². The highest BCUT2D eigenvalue weighted by Gasteiger charge is 2.17. The second-order valence-corrected chi connectivity index (χ2v) is 7.40. The van der Waals surface area contributed by atoms with E-state index in [1.807, 2.05) is 34.6 Å². The molecule has 2 N–H and O–H groups in total. The number of nitrogens with zero attached hydrogens (tertiary/aromatic N) is 1. The number of aryl methyl sites for hydroxylation is 2. The minimum Gasteiger partial charge on any atom is -0.444 e. The fourth-order valence-corrected chi connectivity index (χ4v) is 2.74. The molecule has 0 aromatic carbocycles. The monoisotopic (exact) mass is 313 g/mol. The zero-order chi connectivity index (χ0) is 16.0. The number of ether oxygens (including phenoxy) is 1. The van der Waals surface area contributed by atoms with Gasteiger partial charge in [0.15, 0.2) is 0 Å². The van der Waals surface area contributed by atoms with Crippen LogP contribution < -0.4 is 10.6 Å². The van der Waals surface area contributed by atoms with Crippen LogP contribution in [0.25, 0.3) is 0 Å². The molecule has 1 amide bonds. The summed E-state index contributed by atoms with van der Waals surface area (Å²) in [5, 5.41) is 7.36. The van der Waals surface area contributed by atoms with E-state index in [0.29, 0.717) is 6.54 Å². The number of thiazole rings is 1. The zero-order valence-corrected chi connectivity index (χ0v) is 14.7. The first-order chi connectivity index (χ1) is 9.71. The molecule has 0 saturated heterocycles. The first-order valence-electron chi connectivity index (χ1n) is 7.34. The Hall–Kier alpha value is -1.14. The molecule has 1 atom stereocenters. The minimum absolute atomic E-state index is 0.222. The Kier molecular flexibility index (Phi) is 6.61. The molecule has 0 saturated carbocycles. The molecule has 120 valence electrons. The number of carbonyl (C=O) groups is 1. The number of hydrogen-bond donors (Lipinski definition) is 2. The van der Waals surface area contributed by atoms with Crippen LogP contribution in [-0.2, 0) is 11.3 Å². The maximum absolute atomic E-state index is 11.6. The number of alkyl carbamates (subject to hydrolysis) is 1. The predicted octanol–water partition coefficient (Wildman–Crippen LogP) is 3.15. The van der Waals surface area contributed by atoms with Crippen molar-refractivity contribution in [3.63, 3.8) is 0 Å². The Bertz CT molecular complexity index is 466. The summed E-state index contributed by atoms with van der Waals surface area (Å²) < 4.78 is 5.23. The van der Waals surface area contributed by atoms with Gasteiger partial charge in [0.1, 0.15) is 5.60 Å².